The van der Waals surface area contributed by atoms with Gasteiger partial charge in [-0.05, 0) is 65.2 Å². The Hall–Kier alpha value is -1.37. The lowest BCUT2D eigenvalue weighted by molar-refractivity contribution is -0.118. The van der Waals surface area contributed by atoms with Crippen molar-refractivity contribution in [3.05, 3.63) is 58.0 Å². The molecule has 1 aliphatic rings. The molecule has 1 amide bonds. The van der Waals surface area contributed by atoms with Gasteiger partial charge < -0.3 is 5.32 Å². The summed E-state index contributed by atoms with van der Waals surface area (Å²) in [6.07, 6.45) is 2.04. The summed E-state index contributed by atoms with van der Waals surface area (Å²) in [4.78, 5) is 13.2. The summed E-state index contributed by atoms with van der Waals surface area (Å²) < 4.78 is 25.8. The van der Waals surface area contributed by atoms with Gasteiger partial charge in [-0.1, -0.05) is 36.6 Å². The van der Waals surface area contributed by atoms with Crippen molar-refractivity contribution in [1.82, 2.24) is 0 Å². The third-order valence-electron chi connectivity index (χ3n) is 4.59. The number of hydrogen-bond donors (Lipinski definition) is 1. The van der Waals surface area contributed by atoms with Crippen LogP contribution in [0.3, 0.4) is 0 Å². The molecule has 0 heterocycles. The first-order valence-electron chi connectivity index (χ1n) is 7.93. The molecule has 0 bridgehead atoms. The molecule has 132 valence electrons. The number of rotatable bonds is 4. The Bertz CT molecular complexity index is 891. The second-order valence-electron chi connectivity index (χ2n) is 6.09. The van der Waals surface area contributed by atoms with E-state index in [1.807, 2.05) is 6.07 Å². The molecule has 25 heavy (non-hydrogen) atoms. The van der Waals surface area contributed by atoms with Crippen LogP contribution in [0.4, 0.5) is 5.69 Å². The molecule has 0 aliphatic heterocycles. The summed E-state index contributed by atoms with van der Waals surface area (Å²) in [6.45, 7) is 0. The number of halogens is 2. The van der Waals surface area contributed by atoms with Gasteiger partial charge in [0.1, 0.15) is 0 Å². The average Bonchev–Trinajstić information content (AvgIpc) is 3.09. The van der Waals surface area contributed by atoms with Crippen LogP contribution in [0.2, 0.25) is 5.02 Å². The molecule has 1 fully saturated rings. The van der Waals surface area contributed by atoms with E-state index in [-0.39, 0.29) is 4.90 Å². The minimum Gasteiger partial charge on any atom is -0.324 e. The zero-order valence-corrected chi connectivity index (χ0v) is 16.5. The first-order valence-corrected chi connectivity index (χ1v) is 10.6. The van der Waals surface area contributed by atoms with Crippen LogP contribution in [0.5, 0.6) is 0 Å². The van der Waals surface area contributed by atoms with Crippen LogP contribution in [0.25, 0.3) is 0 Å². The summed E-state index contributed by atoms with van der Waals surface area (Å²) in [6, 6.07) is 13.1. The van der Waals surface area contributed by atoms with Gasteiger partial charge in [0.2, 0.25) is 5.91 Å². The number of para-hydroxylation sites is 1. The number of nitrogens with one attached hydrogen (secondary N) is 1. The Labute approximate surface area is 160 Å². The van der Waals surface area contributed by atoms with Crippen LogP contribution < -0.4 is 5.32 Å². The quantitative estimate of drug-likeness (QED) is 0.738. The zero-order chi connectivity index (χ0) is 18.1. The lowest BCUT2D eigenvalue weighted by Gasteiger charge is -2.28. The molecule has 0 unspecified atom stereocenters. The van der Waals surface area contributed by atoms with Crippen molar-refractivity contribution >= 4 is 49.0 Å². The summed E-state index contributed by atoms with van der Waals surface area (Å²) in [5, 5.41) is 3.24. The number of carbonyl (C=O) groups is 1. The molecule has 1 aliphatic carbocycles. The van der Waals surface area contributed by atoms with E-state index >= 15 is 0 Å². The van der Waals surface area contributed by atoms with Crippen molar-refractivity contribution in [2.75, 3.05) is 5.32 Å². The minimum atomic E-state index is -3.84. The fraction of sp³-hybridized carbons (Fsp3) is 0.278. The molecular weight excluding hydrogens is 426 g/mol. The maximum Gasteiger partial charge on any atom is 0.246 e. The Kier molecular flexibility index (Phi) is 5.23. The Morgan fingerprint density at radius 2 is 1.64 bits per heavy atom. The SMILES string of the molecule is O=C(Nc1ccccc1Br)C1(S(=O)(=O)c2ccc(Cl)cc2)CCCC1. The second kappa shape index (κ2) is 7.09. The van der Waals surface area contributed by atoms with Crippen molar-refractivity contribution in [3.63, 3.8) is 0 Å². The summed E-state index contributed by atoms with van der Waals surface area (Å²) in [7, 11) is -3.84. The van der Waals surface area contributed by atoms with Gasteiger partial charge in [0.05, 0.1) is 10.6 Å². The van der Waals surface area contributed by atoms with Crippen LogP contribution in [-0.2, 0) is 14.6 Å². The molecular formula is C18H17BrClNO3S. The number of anilines is 1. The molecule has 0 aromatic heterocycles. The smallest absolute Gasteiger partial charge is 0.246 e. The highest BCUT2D eigenvalue weighted by molar-refractivity contribution is 9.10. The van der Waals surface area contributed by atoms with Crippen LogP contribution in [0.15, 0.2) is 57.9 Å². The third kappa shape index (κ3) is 3.35. The fourth-order valence-corrected chi connectivity index (χ4v) is 5.78. The lowest BCUT2D eigenvalue weighted by atomic mass is 10.1. The van der Waals surface area contributed by atoms with Crippen molar-refractivity contribution in [2.45, 2.75) is 35.3 Å². The van der Waals surface area contributed by atoms with E-state index in [0.29, 0.717) is 40.9 Å². The van der Waals surface area contributed by atoms with E-state index in [0.717, 1.165) is 0 Å². The van der Waals surface area contributed by atoms with Crippen molar-refractivity contribution < 1.29 is 13.2 Å². The Morgan fingerprint density at radius 1 is 1.04 bits per heavy atom. The molecule has 7 heteroatoms. The monoisotopic (exact) mass is 441 g/mol. The van der Waals surface area contributed by atoms with E-state index in [2.05, 4.69) is 21.2 Å². The fourth-order valence-electron chi connectivity index (χ4n) is 3.20. The molecule has 2 aromatic rings. The maximum absolute atomic E-state index is 13.3. The van der Waals surface area contributed by atoms with Crippen molar-refractivity contribution in [3.8, 4) is 0 Å². The molecule has 2 aromatic carbocycles. The van der Waals surface area contributed by atoms with Gasteiger partial charge in [-0.15, -0.1) is 0 Å². The van der Waals surface area contributed by atoms with Crippen molar-refractivity contribution in [1.29, 1.82) is 0 Å². The molecule has 4 nitrogen and oxygen atoms in total. The van der Waals surface area contributed by atoms with Crippen molar-refractivity contribution in [2.24, 2.45) is 0 Å². The van der Waals surface area contributed by atoms with E-state index < -0.39 is 20.5 Å². The van der Waals surface area contributed by atoms with Gasteiger partial charge in [-0.25, -0.2) is 8.42 Å². The first kappa shape index (κ1) is 18.4. The largest absolute Gasteiger partial charge is 0.324 e. The molecule has 3 rings (SSSR count). The van der Waals surface area contributed by atoms with Crippen LogP contribution in [0.1, 0.15) is 25.7 Å². The van der Waals surface area contributed by atoms with E-state index in [9.17, 15) is 13.2 Å². The summed E-state index contributed by atoms with van der Waals surface area (Å²) in [5.41, 5.74) is 0.560. The number of amides is 1. The Morgan fingerprint density at radius 3 is 2.24 bits per heavy atom. The Balaban J connectivity index is 2.00. The highest BCUT2D eigenvalue weighted by Crippen LogP contribution is 2.42. The number of hydrogen-bond acceptors (Lipinski definition) is 3. The number of benzene rings is 2. The summed E-state index contributed by atoms with van der Waals surface area (Å²) >= 11 is 9.24. The predicted octanol–water partition coefficient (Wildman–Crippen LogP) is 4.83. The second-order valence-corrected chi connectivity index (χ2v) is 9.64. The normalized spacial score (nSPS) is 16.6. The van der Waals surface area contributed by atoms with E-state index in [1.54, 1.807) is 18.2 Å². The number of carbonyl (C=O) groups excluding carboxylic acids is 1. The highest BCUT2D eigenvalue weighted by Gasteiger charge is 2.53. The minimum absolute atomic E-state index is 0.126. The molecule has 1 saturated carbocycles. The van der Waals surface area contributed by atoms with Gasteiger partial charge in [0, 0.05) is 9.50 Å². The molecule has 0 spiro atoms. The van der Waals surface area contributed by atoms with Gasteiger partial charge >= 0.3 is 0 Å². The van der Waals surface area contributed by atoms with E-state index in [4.69, 9.17) is 11.6 Å². The first-order chi connectivity index (χ1) is 11.9. The maximum atomic E-state index is 13.3. The number of sulfone groups is 1. The molecule has 1 N–H and O–H groups in total. The van der Waals surface area contributed by atoms with Crippen LogP contribution in [-0.4, -0.2) is 19.1 Å². The molecule has 0 radical (unpaired) electrons. The molecule has 0 atom stereocenters. The third-order valence-corrected chi connectivity index (χ3v) is 8.04. The zero-order valence-electron chi connectivity index (χ0n) is 13.3. The molecule has 0 saturated heterocycles. The lowest BCUT2D eigenvalue weighted by Crippen LogP contribution is -2.47. The van der Waals surface area contributed by atoms with Gasteiger partial charge in [0.15, 0.2) is 14.6 Å². The van der Waals surface area contributed by atoms with Crippen LogP contribution in [0, 0.1) is 0 Å². The highest BCUT2D eigenvalue weighted by atomic mass is 79.9. The van der Waals surface area contributed by atoms with E-state index in [1.165, 1.54) is 24.3 Å². The summed E-state index contributed by atoms with van der Waals surface area (Å²) in [5.74, 6) is -0.480. The predicted molar refractivity (Wildman–Crippen MR) is 103 cm³/mol. The van der Waals surface area contributed by atoms with Crippen LogP contribution >= 0.6 is 27.5 Å². The topological polar surface area (TPSA) is 63.2 Å². The van der Waals surface area contributed by atoms with Gasteiger partial charge in [-0.2, -0.15) is 0 Å². The standard InChI is InChI=1S/C18H17BrClNO3S/c19-15-5-1-2-6-16(15)21-17(22)18(11-3-4-12-18)25(23,24)14-9-7-13(20)8-10-14/h1-2,5-10H,3-4,11-12H2,(H,21,22). The van der Waals surface area contributed by atoms with Gasteiger partial charge in [-0.3, -0.25) is 4.79 Å². The average molecular weight is 443 g/mol. The van der Waals surface area contributed by atoms with Gasteiger partial charge in [0.25, 0.3) is 0 Å².